The lowest BCUT2D eigenvalue weighted by molar-refractivity contribution is 0.637. The van der Waals surface area contributed by atoms with E-state index >= 15 is 0 Å². The van der Waals surface area contributed by atoms with E-state index < -0.39 is 0 Å². The van der Waals surface area contributed by atoms with Gasteiger partial charge >= 0.3 is 0 Å². The molecule has 2 rings (SSSR count). The predicted molar refractivity (Wildman–Crippen MR) is 64.4 cm³/mol. The first-order chi connectivity index (χ1) is 8.28. The Labute approximate surface area is 99.7 Å². The van der Waals surface area contributed by atoms with Crippen molar-refractivity contribution in [2.45, 2.75) is 13.5 Å². The monoisotopic (exact) mass is 227 g/mol. The predicted octanol–water partition coefficient (Wildman–Crippen LogP) is 1.57. The molecule has 0 bridgehead atoms. The molecule has 2 aromatic rings. The fraction of sp³-hybridized carbons (Fsp3) is 0.250. The molecule has 0 aromatic carbocycles. The van der Waals surface area contributed by atoms with Crippen LogP contribution in [-0.2, 0) is 6.54 Å². The van der Waals surface area contributed by atoms with E-state index in [4.69, 9.17) is 5.26 Å². The van der Waals surface area contributed by atoms with Gasteiger partial charge in [0, 0.05) is 24.6 Å². The summed E-state index contributed by atoms with van der Waals surface area (Å²) in [4.78, 5) is 3.91. The maximum atomic E-state index is 8.71. The zero-order valence-corrected chi connectivity index (χ0v) is 9.59. The summed E-state index contributed by atoms with van der Waals surface area (Å²) < 4.78 is 1.88. The van der Waals surface area contributed by atoms with E-state index in [1.165, 1.54) is 0 Å². The molecule has 0 saturated heterocycles. The van der Waals surface area contributed by atoms with Crippen molar-refractivity contribution in [3.05, 3.63) is 42.0 Å². The van der Waals surface area contributed by atoms with E-state index in [1.807, 2.05) is 36.1 Å². The fourth-order valence-corrected chi connectivity index (χ4v) is 1.51. The number of hydrogen-bond acceptors (Lipinski definition) is 4. The Kier molecular flexibility index (Phi) is 3.36. The number of rotatable bonds is 4. The summed E-state index contributed by atoms with van der Waals surface area (Å²) in [5.41, 5.74) is 2.48. The third-order valence-electron chi connectivity index (χ3n) is 2.31. The first-order valence-electron chi connectivity index (χ1n) is 5.37. The molecule has 0 atom stereocenters. The third-order valence-corrected chi connectivity index (χ3v) is 2.31. The molecule has 0 aliphatic carbocycles. The van der Waals surface area contributed by atoms with Crippen molar-refractivity contribution in [3.8, 4) is 6.07 Å². The number of nitrogens with zero attached hydrogens (tertiary/aromatic N) is 4. The molecule has 0 aliphatic heterocycles. The molecule has 0 unspecified atom stereocenters. The van der Waals surface area contributed by atoms with E-state index in [0.29, 0.717) is 5.69 Å². The van der Waals surface area contributed by atoms with Crippen LogP contribution in [0.25, 0.3) is 0 Å². The minimum absolute atomic E-state index is 0.421. The van der Waals surface area contributed by atoms with Gasteiger partial charge in [-0.1, -0.05) is 0 Å². The number of aryl methyl sites for hydroxylation is 1. The lowest BCUT2D eigenvalue weighted by Crippen LogP contribution is -2.10. The van der Waals surface area contributed by atoms with E-state index in [-0.39, 0.29) is 0 Å². The Morgan fingerprint density at radius 2 is 2.41 bits per heavy atom. The van der Waals surface area contributed by atoms with E-state index in [0.717, 1.165) is 24.3 Å². The summed E-state index contributed by atoms with van der Waals surface area (Å²) in [6, 6.07) is 5.58. The minimum atomic E-state index is 0.421. The Balaban J connectivity index is 1.88. The summed E-state index contributed by atoms with van der Waals surface area (Å²) in [7, 11) is 0. The number of hydrogen-bond donors (Lipinski definition) is 1. The lowest BCUT2D eigenvalue weighted by Gasteiger charge is -2.06. The number of nitrogens with one attached hydrogen (secondary N) is 1. The highest BCUT2D eigenvalue weighted by molar-refractivity contribution is 5.45. The van der Waals surface area contributed by atoms with Crippen LogP contribution >= 0.6 is 0 Å². The van der Waals surface area contributed by atoms with Crippen molar-refractivity contribution in [2.75, 3.05) is 11.9 Å². The van der Waals surface area contributed by atoms with Crippen LogP contribution in [0.15, 0.2) is 30.7 Å². The topological polar surface area (TPSA) is 66.5 Å². The van der Waals surface area contributed by atoms with Crippen molar-refractivity contribution >= 4 is 5.69 Å². The van der Waals surface area contributed by atoms with Gasteiger partial charge in [-0.05, 0) is 24.6 Å². The van der Waals surface area contributed by atoms with Crippen LogP contribution in [0.5, 0.6) is 0 Å². The van der Waals surface area contributed by atoms with Crippen molar-refractivity contribution in [3.63, 3.8) is 0 Å². The molecule has 86 valence electrons. The van der Waals surface area contributed by atoms with Gasteiger partial charge in [0.05, 0.1) is 12.7 Å². The van der Waals surface area contributed by atoms with E-state index in [1.54, 1.807) is 12.3 Å². The summed E-state index contributed by atoms with van der Waals surface area (Å²) in [5, 5.41) is 16.1. The summed E-state index contributed by atoms with van der Waals surface area (Å²) >= 11 is 0. The Bertz CT molecular complexity index is 538. The van der Waals surface area contributed by atoms with Crippen molar-refractivity contribution in [1.29, 1.82) is 5.26 Å². The molecular weight excluding hydrogens is 214 g/mol. The second-order valence-corrected chi connectivity index (χ2v) is 3.75. The highest BCUT2D eigenvalue weighted by atomic mass is 15.3. The number of anilines is 1. The van der Waals surface area contributed by atoms with Crippen LogP contribution < -0.4 is 5.32 Å². The molecule has 0 aliphatic rings. The SMILES string of the molecule is Cc1cnn(CCNc2ccnc(C#N)c2)c1. The van der Waals surface area contributed by atoms with Crippen LogP contribution in [0.3, 0.4) is 0 Å². The maximum Gasteiger partial charge on any atom is 0.142 e. The van der Waals surface area contributed by atoms with Crippen LogP contribution in [-0.4, -0.2) is 21.3 Å². The molecule has 5 nitrogen and oxygen atoms in total. The lowest BCUT2D eigenvalue weighted by atomic mass is 10.3. The summed E-state index contributed by atoms with van der Waals surface area (Å²) in [6.45, 7) is 3.56. The minimum Gasteiger partial charge on any atom is -0.383 e. The molecule has 0 spiro atoms. The van der Waals surface area contributed by atoms with Gasteiger partial charge in [0.1, 0.15) is 11.8 Å². The number of pyridine rings is 1. The van der Waals surface area contributed by atoms with Gasteiger partial charge in [0.25, 0.3) is 0 Å². The Hall–Kier alpha value is -2.35. The number of aromatic nitrogens is 3. The quantitative estimate of drug-likeness (QED) is 0.861. The normalized spacial score (nSPS) is 9.88. The average molecular weight is 227 g/mol. The second-order valence-electron chi connectivity index (χ2n) is 3.75. The molecule has 5 heteroatoms. The van der Waals surface area contributed by atoms with Crippen LogP contribution in [0.1, 0.15) is 11.3 Å². The van der Waals surface area contributed by atoms with Crippen LogP contribution in [0.2, 0.25) is 0 Å². The van der Waals surface area contributed by atoms with Crippen LogP contribution in [0.4, 0.5) is 5.69 Å². The molecule has 0 radical (unpaired) electrons. The Morgan fingerprint density at radius 1 is 1.53 bits per heavy atom. The van der Waals surface area contributed by atoms with Gasteiger partial charge < -0.3 is 5.32 Å². The molecule has 2 aromatic heterocycles. The smallest absolute Gasteiger partial charge is 0.142 e. The highest BCUT2D eigenvalue weighted by Gasteiger charge is 1.96. The van der Waals surface area contributed by atoms with Gasteiger partial charge in [0.2, 0.25) is 0 Å². The van der Waals surface area contributed by atoms with Gasteiger partial charge in [-0.3, -0.25) is 4.68 Å². The standard InChI is InChI=1S/C12H13N5/c1-10-8-16-17(9-10)5-4-15-11-2-3-14-12(6-11)7-13/h2-3,6,8-9H,4-5H2,1H3,(H,14,15). The van der Waals surface area contributed by atoms with E-state index in [9.17, 15) is 0 Å². The molecule has 1 N–H and O–H groups in total. The first-order valence-corrected chi connectivity index (χ1v) is 5.37. The zero-order chi connectivity index (χ0) is 12.1. The molecule has 17 heavy (non-hydrogen) atoms. The summed E-state index contributed by atoms with van der Waals surface area (Å²) in [5.74, 6) is 0. The fourth-order valence-electron chi connectivity index (χ4n) is 1.51. The van der Waals surface area contributed by atoms with Crippen molar-refractivity contribution < 1.29 is 0 Å². The molecule has 0 fully saturated rings. The Morgan fingerprint density at radius 3 is 3.12 bits per heavy atom. The van der Waals surface area contributed by atoms with Crippen LogP contribution in [0, 0.1) is 18.3 Å². The second kappa shape index (κ2) is 5.12. The van der Waals surface area contributed by atoms with Gasteiger partial charge in [0.15, 0.2) is 0 Å². The maximum absolute atomic E-state index is 8.71. The van der Waals surface area contributed by atoms with E-state index in [2.05, 4.69) is 15.4 Å². The van der Waals surface area contributed by atoms with Gasteiger partial charge in [-0.25, -0.2) is 4.98 Å². The average Bonchev–Trinajstić information content (AvgIpc) is 2.75. The molecular formula is C12H13N5. The molecule has 0 saturated carbocycles. The van der Waals surface area contributed by atoms with Crippen molar-refractivity contribution in [2.24, 2.45) is 0 Å². The highest BCUT2D eigenvalue weighted by Crippen LogP contribution is 2.06. The first kappa shape index (κ1) is 11.1. The molecule has 2 heterocycles. The zero-order valence-electron chi connectivity index (χ0n) is 9.59. The van der Waals surface area contributed by atoms with Crippen molar-refractivity contribution in [1.82, 2.24) is 14.8 Å². The summed E-state index contributed by atoms with van der Waals surface area (Å²) in [6.07, 6.45) is 5.45. The third kappa shape index (κ3) is 3.05. The largest absolute Gasteiger partial charge is 0.383 e. The van der Waals surface area contributed by atoms with Gasteiger partial charge in [-0.2, -0.15) is 10.4 Å². The molecule has 0 amide bonds. The van der Waals surface area contributed by atoms with Gasteiger partial charge in [-0.15, -0.1) is 0 Å². The number of nitriles is 1.